The first kappa shape index (κ1) is 28.9. The Kier molecular flexibility index (Phi) is 7.98. The Hall–Kier alpha value is -5.24. The first-order chi connectivity index (χ1) is 21.3. The van der Waals surface area contributed by atoms with Crippen LogP contribution in [-0.4, -0.2) is 51.6 Å². The van der Waals surface area contributed by atoms with Crippen molar-refractivity contribution >= 4 is 41.7 Å². The standard InChI is InChI=1S/C36H32BF2N5/c1-42(2)29-19-15-25(16-20-29)31-23-33(27-11-7-5-8-12-27)40-35(31)41-36-32(26-17-21-30(22-18-26)43(3)4)24-34(44(36)37(38)39)28-13-9-6-10-14-28/h5-24H,1-4H3/b41-35-. The zero-order chi connectivity index (χ0) is 30.8. The van der Waals surface area contributed by atoms with Crippen LogP contribution in [0.5, 0.6) is 0 Å². The molecule has 0 bridgehead atoms. The molecule has 0 atom stereocenters. The molecule has 5 aromatic rings. The number of benzene rings is 4. The summed E-state index contributed by atoms with van der Waals surface area (Å²) in [6.07, 6.45) is 1.98. The van der Waals surface area contributed by atoms with Crippen molar-refractivity contribution in [1.82, 2.24) is 4.48 Å². The molecule has 0 N–H and O–H groups in total. The number of hydrogen-bond acceptors (Lipinski definition) is 3. The fourth-order valence-electron chi connectivity index (χ4n) is 5.31. The Bertz CT molecular complexity index is 1860. The fourth-order valence-corrected chi connectivity index (χ4v) is 5.31. The summed E-state index contributed by atoms with van der Waals surface area (Å²) < 4.78 is 31.1. The molecule has 1 aliphatic heterocycles. The molecule has 0 amide bonds. The van der Waals surface area contributed by atoms with Gasteiger partial charge in [-0.2, -0.15) is 0 Å². The molecular formula is C36H32BF2N5. The second-order valence-corrected chi connectivity index (χ2v) is 11.0. The van der Waals surface area contributed by atoms with Gasteiger partial charge in [-0.1, -0.05) is 84.9 Å². The summed E-state index contributed by atoms with van der Waals surface area (Å²) in [6.45, 7) is 0. The van der Waals surface area contributed by atoms with Crippen LogP contribution < -0.4 is 9.80 Å². The first-order valence-corrected chi connectivity index (χ1v) is 14.4. The van der Waals surface area contributed by atoms with Crippen molar-refractivity contribution in [2.75, 3.05) is 38.0 Å². The second kappa shape index (κ2) is 12.2. The minimum atomic E-state index is -2.83. The average Bonchev–Trinajstić information content (AvgIpc) is 3.64. The second-order valence-electron chi connectivity index (χ2n) is 11.0. The van der Waals surface area contributed by atoms with Crippen molar-refractivity contribution in [1.29, 1.82) is 0 Å². The van der Waals surface area contributed by atoms with Crippen LogP contribution in [-0.2, 0) is 0 Å². The number of halogens is 2. The number of hydrogen-bond donors (Lipinski definition) is 0. The van der Waals surface area contributed by atoms with Crippen LogP contribution in [0.2, 0.25) is 0 Å². The van der Waals surface area contributed by atoms with Crippen molar-refractivity contribution in [3.8, 4) is 22.4 Å². The van der Waals surface area contributed by atoms with Crippen molar-refractivity contribution in [2.24, 2.45) is 9.98 Å². The van der Waals surface area contributed by atoms with Crippen molar-refractivity contribution in [3.05, 3.63) is 132 Å². The molecule has 0 saturated heterocycles. The maximum Gasteiger partial charge on any atom is 0.679 e. The smallest absolute Gasteiger partial charge is 0.378 e. The Morgan fingerprint density at radius 2 is 1.16 bits per heavy atom. The van der Waals surface area contributed by atoms with E-state index in [-0.39, 0.29) is 5.82 Å². The van der Waals surface area contributed by atoms with E-state index in [9.17, 15) is 0 Å². The molecule has 1 aliphatic rings. The van der Waals surface area contributed by atoms with Crippen LogP contribution in [0.3, 0.4) is 0 Å². The summed E-state index contributed by atoms with van der Waals surface area (Å²) >= 11 is 0. The Morgan fingerprint density at radius 3 is 1.68 bits per heavy atom. The van der Waals surface area contributed by atoms with E-state index < -0.39 is 7.40 Å². The van der Waals surface area contributed by atoms with E-state index in [4.69, 9.17) is 9.98 Å². The molecule has 5 nitrogen and oxygen atoms in total. The highest BCUT2D eigenvalue weighted by atomic mass is 19.2. The fraction of sp³-hybridized carbons (Fsp3) is 0.111. The minimum Gasteiger partial charge on any atom is -0.378 e. The Morgan fingerprint density at radius 1 is 0.636 bits per heavy atom. The molecule has 2 heterocycles. The van der Waals surface area contributed by atoms with Crippen LogP contribution in [0.15, 0.2) is 131 Å². The number of nitrogens with zero attached hydrogens (tertiary/aromatic N) is 5. The third-order valence-corrected chi connectivity index (χ3v) is 7.69. The summed E-state index contributed by atoms with van der Waals surface area (Å²) in [7, 11) is 5.08. The number of aliphatic imine (C=N–C) groups is 2. The SMILES string of the molecule is CN(C)c1ccc(C2=CC(c3ccccc3)=N/C2=N\c2c(-c3ccc(N(C)C)cc3)cc(-c3ccccc3)n2B(F)F)cc1. The lowest BCUT2D eigenvalue weighted by molar-refractivity contribution is 0.632. The van der Waals surface area contributed by atoms with Gasteiger partial charge in [0, 0.05) is 62.0 Å². The number of amidine groups is 1. The third-order valence-electron chi connectivity index (χ3n) is 7.69. The normalized spacial score (nSPS) is 13.5. The van der Waals surface area contributed by atoms with Crippen LogP contribution >= 0.6 is 0 Å². The molecule has 4 aromatic carbocycles. The Balaban J connectivity index is 1.58. The van der Waals surface area contributed by atoms with Crippen LogP contribution in [0, 0.1) is 0 Å². The van der Waals surface area contributed by atoms with Gasteiger partial charge in [-0.05, 0) is 53.1 Å². The zero-order valence-electron chi connectivity index (χ0n) is 25.1. The lowest BCUT2D eigenvalue weighted by Gasteiger charge is -2.14. The zero-order valence-corrected chi connectivity index (χ0v) is 25.1. The van der Waals surface area contributed by atoms with E-state index in [0.717, 1.165) is 43.8 Å². The van der Waals surface area contributed by atoms with Gasteiger partial charge in [0.2, 0.25) is 0 Å². The van der Waals surface area contributed by atoms with Gasteiger partial charge >= 0.3 is 7.40 Å². The summed E-state index contributed by atoms with van der Waals surface area (Å²) in [5.41, 5.74) is 7.85. The number of anilines is 2. The maximum absolute atomic E-state index is 15.1. The van der Waals surface area contributed by atoms with Crippen molar-refractivity contribution < 1.29 is 8.63 Å². The number of allylic oxidation sites excluding steroid dienone is 1. The molecule has 6 rings (SSSR count). The topological polar surface area (TPSA) is 36.1 Å². The van der Waals surface area contributed by atoms with Crippen molar-refractivity contribution in [3.63, 3.8) is 0 Å². The molecule has 0 aliphatic carbocycles. The van der Waals surface area contributed by atoms with Crippen LogP contribution in [0.1, 0.15) is 11.1 Å². The van der Waals surface area contributed by atoms with Crippen LogP contribution in [0.25, 0.3) is 28.0 Å². The minimum absolute atomic E-state index is 0.153. The third kappa shape index (κ3) is 5.71. The van der Waals surface area contributed by atoms with Gasteiger partial charge < -0.3 is 14.3 Å². The Labute approximate surface area is 257 Å². The quantitative estimate of drug-likeness (QED) is 0.172. The summed E-state index contributed by atoms with van der Waals surface area (Å²) in [6, 6.07) is 36.8. The average molecular weight is 583 g/mol. The van der Waals surface area contributed by atoms with E-state index in [1.165, 1.54) is 0 Å². The van der Waals surface area contributed by atoms with Crippen molar-refractivity contribution in [2.45, 2.75) is 0 Å². The molecule has 0 saturated carbocycles. The summed E-state index contributed by atoms with van der Waals surface area (Å²) in [5.74, 6) is 0.535. The molecule has 0 radical (unpaired) electrons. The highest BCUT2D eigenvalue weighted by Crippen LogP contribution is 2.41. The number of rotatable bonds is 8. The van der Waals surface area contributed by atoms with Gasteiger partial charge in [-0.3, -0.25) is 8.63 Å². The van der Waals surface area contributed by atoms with Gasteiger partial charge in [-0.15, -0.1) is 0 Å². The largest absolute Gasteiger partial charge is 0.679 e. The molecular weight excluding hydrogens is 551 g/mol. The predicted molar refractivity (Wildman–Crippen MR) is 182 cm³/mol. The maximum atomic E-state index is 15.1. The molecule has 44 heavy (non-hydrogen) atoms. The molecule has 218 valence electrons. The lowest BCUT2D eigenvalue weighted by Crippen LogP contribution is -2.14. The van der Waals surface area contributed by atoms with Gasteiger partial charge in [0.05, 0.1) is 5.71 Å². The van der Waals surface area contributed by atoms with E-state index >= 15 is 8.63 Å². The molecule has 0 unspecified atom stereocenters. The molecule has 0 spiro atoms. The lowest BCUT2D eigenvalue weighted by atomic mass is 10.0. The van der Waals surface area contributed by atoms with Gasteiger partial charge in [0.25, 0.3) is 0 Å². The van der Waals surface area contributed by atoms with E-state index in [1.807, 2.05) is 153 Å². The van der Waals surface area contributed by atoms with Gasteiger partial charge in [0.15, 0.2) is 5.84 Å². The van der Waals surface area contributed by atoms with Gasteiger partial charge in [0.1, 0.15) is 5.82 Å². The van der Waals surface area contributed by atoms with E-state index in [2.05, 4.69) is 0 Å². The number of aromatic nitrogens is 1. The monoisotopic (exact) mass is 583 g/mol. The molecule has 1 aromatic heterocycles. The van der Waals surface area contributed by atoms with Crippen LogP contribution in [0.4, 0.5) is 25.8 Å². The molecule has 8 heteroatoms. The first-order valence-electron chi connectivity index (χ1n) is 14.4. The highest BCUT2D eigenvalue weighted by Gasteiger charge is 2.30. The summed E-state index contributed by atoms with van der Waals surface area (Å²) in [4.78, 5) is 13.9. The molecule has 0 fully saturated rings. The van der Waals surface area contributed by atoms with E-state index in [1.54, 1.807) is 6.07 Å². The van der Waals surface area contributed by atoms with Gasteiger partial charge in [-0.25, -0.2) is 9.98 Å². The highest BCUT2D eigenvalue weighted by molar-refractivity contribution is 6.43. The van der Waals surface area contributed by atoms with E-state index in [0.29, 0.717) is 22.7 Å². The predicted octanol–water partition coefficient (Wildman–Crippen LogP) is 8.34. The summed E-state index contributed by atoms with van der Waals surface area (Å²) in [5, 5.41) is 0.